The van der Waals surface area contributed by atoms with Gasteiger partial charge in [0.05, 0.1) is 13.0 Å². The lowest BCUT2D eigenvalue weighted by Gasteiger charge is -2.29. The molecule has 0 aliphatic carbocycles. The highest BCUT2D eigenvalue weighted by Gasteiger charge is 2.39. The quantitative estimate of drug-likeness (QED) is 0.800. The van der Waals surface area contributed by atoms with E-state index in [0.29, 0.717) is 25.0 Å². The van der Waals surface area contributed by atoms with Crippen LogP contribution in [0.4, 0.5) is 5.69 Å². The van der Waals surface area contributed by atoms with Crippen LogP contribution in [0.1, 0.15) is 43.2 Å². The van der Waals surface area contributed by atoms with Crippen LogP contribution in [-0.4, -0.2) is 50.2 Å². The first-order chi connectivity index (χ1) is 11.1. The molecule has 0 radical (unpaired) electrons. The summed E-state index contributed by atoms with van der Waals surface area (Å²) in [6.07, 6.45) is 2.90. The highest BCUT2D eigenvalue weighted by atomic mass is 16.5. The lowest BCUT2D eigenvalue weighted by Crippen LogP contribution is -2.37. The maximum absolute atomic E-state index is 11.8. The summed E-state index contributed by atoms with van der Waals surface area (Å²) in [7, 11) is 2.22. The standard InChI is InChI=1S/C19H28N2O2/c1-4-23-19(22)9-11-21-17-6-5-10-20(3)13-16(17)15-12-14(2)7-8-18(15)21/h7-8,12,16-17H,4-6,9-11,13H2,1-3H3/t16-,17+/m1/s1. The number of benzene rings is 1. The second kappa shape index (κ2) is 6.91. The Kier molecular flexibility index (Phi) is 4.90. The number of nitrogens with zero attached hydrogens (tertiary/aromatic N) is 2. The molecule has 1 saturated heterocycles. The van der Waals surface area contributed by atoms with E-state index in [0.717, 1.165) is 13.1 Å². The zero-order chi connectivity index (χ0) is 16.4. The first-order valence-electron chi connectivity index (χ1n) is 8.81. The number of hydrogen-bond acceptors (Lipinski definition) is 4. The second-order valence-electron chi connectivity index (χ2n) is 6.89. The Morgan fingerprint density at radius 2 is 2.22 bits per heavy atom. The van der Waals surface area contributed by atoms with Crippen molar-refractivity contribution >= 4 is 11.7 Å². The molecule has 4 nitrogen and oxygen atoms in total. The third-order valence-electron chi connectivity index (χ3n) is 5.17. The Morgan fingerprint density at radius 3 is 3.00 bits per heavy atom. The van der Waals surface area contributed by atoms with Gasteiger partial charge in [-0.15, -0.1) is 0 Å². The van der Waals surface area contributed by atoms with Crippen LogP contribution >= 0.6 is 0 Å². The van der Waals surface area contributed by atoms with Crippen LogP contribution in [0.5, 0.6) is 0 Å². The fourth-order valence-corrected chi connectivity index (χ4v) is 4.14. The highest BCUT2D eigenvalue weighted by Crippen LogP contribution is 2.44. The first kappa shape index (κ1) is 16.3. The van der Waals surface area contributed by atoms with Crippen molar-refractivity contribution in [2.24, 2.45) is 0 Å². The molecule has 4 heteroatoms. The summed E-state index contributed by atoms with van der Waals surface area (Å²) in [6.45, 7) is 7.53. The van der Waals surface area contributed by atoms with E-state index in [1.54, 1.807) is 0 Å². The summed E-state index contributed by atoms with van der Waals surface area (Å²) < 4.78 is 5.11. The lowest BCUT2D eigenvalue weighted by atomic mass is 9.92. The Balaban J connectivity index is 1.85. The molecule has 23 heavy (non-hydrogen) atoms. The van der Waals surface area contributed by atoms with Crippen molar-refractivity contribution in [2.75, 3.05) is 38.2 Å². The van der Waals surface area contributed by atoms with Crippen molar-refractivity contribution in [3.05, 3.63) is 29.3 Å². The summed E-state index contributed by atoms with van der Waals surface area (Å²) in [4.78, 5) is 16.7. The predicted molar refractivity (Wildman–Crippen MR) is 93.0 cm³/mol. The average molecular weight is 316 g/mol. The van der Waals surface area contributed by atoms with Crippen LogP contribution in [0.2, 0.25) is 0 Å². The largest absolute Gasteiger partial charge is 0.466 e. The molecule has 1 fully saturated rings. The maximum atomic E-state index is 11.8. The van der Waals surface area contributed by atoms with Crippen molar-refractivity contribution < 1.29 is 9.53 Å². The molecule has 0 N–H and O–H groups in total. The highest BCUT2D eigenvalue weighted by molar-refractivity contribution is 5.71. The van der Waals surface area contributed by atoms with Gasteiger partial charge in [-0.05, 0) is 51.9 Å². The molecule has 2 heterocycles. The maximum Gasteiger partial charge on any atom is 0.307 e. The molecule has 1 aromatic carbocycles. The summed E-state index contributed by atoms with van der Waals surface area (Å²) in [5, 5.41) is 0. The van der Waals surface area contributed by atoms with Gasteiger partial charge >= 0.3 is 5.97 Å². The molecule has 126 valence electrons. The Labute approximate surface area is 139 Å². The molecule has 0 unspecified atom stereocenters. The van der Waals surface area contributed by atoms with Gasteiger partial charge in [-0.2, -0.15) is 0 Å². The molecule has 0 aromatic heterocycles. The molecule has 0 spiro atoms. The number of aryl methyl sites for hydroxylation is 1. The van der Waals surface area contributed by atoms with Crippen molar-refractivity contribution in [1.82, 2.24) is 4.90 Å². The topological polar surface area (TPSA) is 32.8 Å². The molecule has 3 rings (SSSR count). The molecule has 0 saturated carbocycles. The number of carbonyl (C=O) groups excluding carboxylic acids is 1. The number of fused-ring (bicyclic) bond motifs is 3. The van der Waals surface area contributed by atoms with Crippen molar-refractivity contribution in [2.45, 2.75) is 45.1 Å². The van der Waals surface area contributed by atoms with Gasteiger partial charge < -0.3 is 14.5 Å². The number of hydrogen-bond donors (Lipinski definition) is 0. The number of carbonyl (C=O) groups is 1. The van der Waals surface area contributed by atoms with Gasteiger partial charge in [-0.1, -0.05) is 17.7 Å². The second-order valence-corrected chi connectivity index (χ2v) is 6.89. The minimum absolute atomic E-state index is 0.0876. The summed E-state index contributed by atoms with van der Waals surface area (Å²) in [5.74, 6) is 0.468. The molecule has 2 aliphatic heterocycles. The number of likely N-dealkylation sites (N-methyl/N-ethyl adjacent to an activating group) is 1. The first-order valence-corrected chi connectivity index (χ1v) is 8.81. The van der Waals surface area contributed by atoms with Gasteiger partial charge in [0.15, 0.2) is 0 Å². The predicted octanol–water partition coefficient (Wildman–Crippen LogP) is 2.95. The van der Waals surface area contributed by atoms with Crippen LogP contribution in [0.3, 0.4) is 0 Å². The SMILES string of the molecule is CCOC(=O)CCN1c2ccc(C)cc2[C@H]2CN(C)CCC[C@@H]21. The molecule has 2 atom stereocenters. The van der Waals surface area contributed by atoms with Gasteiger partial charge in [-0.25, -0.2) is 0 Å². The van der Waals surface area contributed by atoms with E-state index in [1.165, 1.54) is 36.2 Å². The fraction of sp³-hybridized carbons (Fsp3) is 0.632. The minimum Gasteiger partial charge on any atom is -0.466 e. The Bertz CT molecular complexity index is 572. The van der Waals surface area contributed by atoms with Crippen LogP contribution in [-0.2, 0) is 9.53 Å². The minimum atomic E-state index is -0.0876. The zero-order valence-electron chi connectivity index (χ0n) is 14.5. The number of rotatable bonds is 4. The lowest BCUT2D eigenvalue weighted by molar-refractivity contribution is -0.142. The third kappa shape index (κ3) is 3.37. The fourth-order valence-electron chi connectivity index (χ4n) is 4.14. The van der Waals surface area contributed by atoms with Crippen LogP contribution in [0.25, 0.3) is 0 Å². The van der Waals surface area contributed by atoms with Crippen LogP contribution in [0, 0.1) is 6.92 Å². The normalized spacial score (nSPS) is 24.0. The Hall–Kier alpha value is -1.55. The zero-order valence-corrected chi connectivity index (χ0v) is 14.5. The van der Waals surface area contributed by atoms with Gasteiger partial charge in [0.25, 0.3) is 0 Å². The van der Waals surface area contributed by atoms with E-state index >= 15 is 0 Å². The van der Waals surface area contributed by atoms with E-state index < -0.39 is 0 Å². The molecule has 0 amide bonds. The third-order valence-corrected chi connectivity index (χ3v) is 5.17. The van der Waals surface area contributed by atoms with E-state index in [-0.39, 0.29) is 5.97 Å². The van der Waals surface area contributed by atoms with Gasteiger partial charge in [0.1, 0.15) is 0 Å². The van der Waals surface area contributed by atoms with Crippen molar-refractivity contribution in [3.63, 3.8) is 0 Å². The van der Waals surface area contributed by atoms with E-state index in [2.05, 4.69) is 42.0 Å². The Morgan fingerprint density at radius 1 is 1.39 bits per heavy atom. The summed E-state index contributed by atoms with van der Waals surface area (Å²) >= 11 is 0. The van der Waals surface area contributed by atoms with Crippen LogP contribution < -0.4 is 4.90 Å². The molecule has 1 aromatic rings. The van der Waals surface area contributed by atoms with Gasteiger partial charge in [0.2, 0.25) is 0 Å². The van der Waals surface area contributed by atoms with E-state index in [4.69, 9.17) is 4.74 Å². The smallest absolute Gasteiger partial charge is 0.307 e. The number of ether oxygens (including phenoxy) is 1. The molecule has 2 aliphatic rings. The number of esters is 1. The average Bonchev–Trinajstić information content (AvgIpc) is 2.66. The monoisotopic (exact) mass is 316 g/mol. The molecule has 0 bridgehead atoms. The summed E-state index contributed by atoms with van der Waals surface area (Å²) in [6, 6.07) is 7.29. The van der Waals surface area contributed by atoms with Gasteiger partial charge in [-0.3, -0.25) is 4.79 Å². The number of anilines is 1. The molecular formula is C19H28N2O2. The molecular weight excluding hydrogens is 288 g/mol. The van der Waals surface area contributed by atoms with Crippen LogP contribution in [0.15, 0.2) is 18.2 Å². The van der Waals surface area contributed by atoms with E-state index in [1.807, 2.05) is 6.92 Å². The van der Waals surface area contributed by atoms with E-state index in [9.17, 15) is 4.79 Å². The summed E-state index contributed by atoms with van der Waals surface area (Å²) in [5.41, 5.74) is 4.11. The van der Waals surface area contributed by atoms with Gasteiger partial charge in [0, 0.05) is 30.7 Å². The van der Waals surface area contributed by atoms with Crippen molar-refractivity contribution in [1.29, 1.82) is 0 Å². The number of likely N-dealkylation sites (tertiary alicyclic amines) is 1. The van der Waals surface area contributed by atoms with Crippen molar-refractivity contribution in [3.8, 4) is 0 Å².